The van der Waals surface area contributed by atoms with Gasteiger partial charge in [0.05, 0.1) is 0 Å². The third-order valence-electron chi connectivity index (χ3n) is 3.41. The molecule has 3 heteroatoms. The van der Waals surface area contributed by atoms with Gasteiger partial charge in [0, 0.05) is 15.4 Å². The number of furan rings is 1. The molecule has 3 aromatic rings. The van der Waals surface area contributed by atoms with E-state index < -0.39 is 0 Å². The molecule has 0 saturated heterocycles. The Bertz CT molecular complexity index is 815. The van der Waals surface area contributed by atoms with Crippen molar-refractivity contribution in [2.75, 3.05) is 0 Å². The second-order valence-electron chi connectivity index (χ2n) is 4.89. The van der Waals surface area contributed by atoms with Crippen molar-refractivity contribution >= 4 is 32.7 Å². The third-order valence-corrected chi connectivity index (χ3v) is 4.27. The molecule has 0 amide bonds. The number of rotatable bonds is 2. The van der Waals surface area contributed by atoms with E-state index in [2.05, 4.69) is 15.9 Å². The van der Waals surface area contributed by atoms with Gasteiger partial charge >= 0.3 is 0 Å². The molecular weight excluding hydrogens is 316 g/mol. The molecule has 0 radical (unpaired) electrons. The highest BCUT2D eigenvalue weighted by atomic mass is 79.9. The van der Waals surface area contributed by atoms with Crippen molar-refractivity contribution in [2.24, 2.45) is 0 Å². The van der Waals surface area contributed by atoms with Crippen molar-refractivity contribution in [1.82, 2.24) is 0 Å². The van der Waals surface area contributed by atoms with E-state index in [0.29, 0.717) is 11.3 Å². The predicted octanol–water partition coefficient (Wildman–Crippen LogP) is 5.04. The fourth-order valence-electron chi connectivity index (χ4n) is 2.26. The van der Waals surface area contributed by atoms with Gasteiger partial charge in [0.2, 0.25) is 5.78 Å². The Morgan fingerprint density at radius 1 is 1.10 bits per heavy atom. The van der Waals surface area contributed by atoms with E-state index in [9.17, 15) is 4.79 Å². The van der Waals surface area contributed by atoms with E-state index >= 15 is 0 Å². The zero-order valence-electron chi connectivity index (χ0n) is 11.2. The Morgan fingerprint density at radius 3 is 2.70 bits per heavy atom. The van der Waals surface area contributed by atoms with Gasteiger partial charge < -0.3 is 4.42 Å². The standard InChI is InChI=1S/C17H13BrO2/c1-10-6-7-15-12(8-10)9-16(20-15)17(19)13-4-3-5-14(18)11(13)2/h3-9H,1-2H3. The van der Waals surface area contributed by atoms with Crippen LogP contribution in [0.4, 0.5) is 0 Å². The molecule has 1 aromatic heterocycles. The van der Waals surface area contributed by atoms with Crippen LogP contribution >= 0.6 is 15.9 Å². The number of hydrogen-bond acceptors (Lipinski definition) is 2. The first-order chi connectivity index (χ1) is 9.56. The van der Waals surface area contributed by atoms with Crippen LogP contribution in [0.3, 0.4) is 0 Å². The first-order valence-corrected chi connectivity index (χ1v) is 7.15. The van der Waals surface area contributed by atoms with Crippen LogP contribution in [0, 0.1) is 13.8 Å². The molecule has 2 nitrogen and oxygen atoms in total. The van der Waals surface area contributed by atoms with Gasteiger partial charge in [0.25, 0.3) is 0 Å². The quantitative estimate of drug-likeness (QED) is 0.616. The summed E-state index contributed by atoms with van der Waals surface area (Å²) in [4.78, 5) is 12.6. The van der Waals surface area contributed by atoms with E-state index in [1.165, 1.54) is 0 Å². The summed E-state index contributed by atoms with van der Waals surface area (Å²) in [6.07, 6.45) is 0. The fraction of sp³-hybridized carbons (Fsp3) is 0.118. The molecule has 0 aliphatic carbocycles. The predicted molar refractivity (Wildman–Crippen MR) is 83.3 cm³/mol. The minimum absolute atomic E-state index is 0.0855. The van der Waals surface area contributed by atoms with Crippen molar-refractivity contribution in [1.29, 1.82) is 0 Å². The normalized spacial score (nSPS) is 10.9. The summed E-state index contributed by atoms with van der Waals surface area (Å²) in [5, 5.41) is 0.959. The number of carbonyl (C=O) groups is 1. The Morgan fingerprint density at radius 2 is 1.90 bits per heavy atom. The molecule has 20 heavy (non-hydrogen) atoms. The summed E-state index contributed by atoms with van der Waals surface area (Å²) >= 11 is 3.45. The van der Waals surface area contributed by atoms with Crippen LogP contribution in [0.5, 0.6) is 0 Å². The average Bonchev–Trinajstić information content (AvgIpc) is 2.84. The number of halogens is 1. The van der Waals surface area contributed by atoms with Crippen LogP contribution in [0.25, 0.3) is 11.0 Å². The number of benzene rings is 2. The van der Waals surface area contributed by atoms with Crippen LogP contribution < -0.4 is 0 Å². The lowest BCUT2D eigenvalue weighted by atomic mass is 10.0. The molecule has 100 valence electrons. The third kappa shape index (κ3) is 2.18. The lowest BCUT2D eigenvalue weighted by Crippen LogP contribution is -2.02. The van der Waals surface area contributed by atoms with Crippen LogP contribution in [-0.4, -0.2) is 5.78 Å². The molecular formula is C17H13BrO2. The summed E-state index contributed by atoms with van der Waals surface area (Å²) in [6, 6.07) is 13.3. The molecule has 0 unspecified atom stereocenters. The van der Waals surface area contributed by atoms with Crippen LogP contribution in [-0.2, 0) is 0 Å². The Hall–Kier alpha value is -1.87. The van der Waals surface area contributed by atoms with Crippen molar-refractivity contribution in [3.63, 3.8) is 0 Å². The smallest absolute Gasteiger partial charge is 0.228 e. The van der Waals surface area contributed by atoms with Crippen molar-refractivity contribution in [3.8, 4) is 0 Å². The largest absolute Gasteiger partial charge is 0.453 e. The zero-order chi connectivity index (χ0) is 14.3. The van der Waals surface area contributed by atoms with Gasteiger partial charge in [-0.1, -0.05) is 39.7 Å². The first kappa shape index (κ1) is 13.1. The molecule has 0 fully saturated rings. The van der Waals surface area contributed by atoms with E-state index in [1.54, 1.807) is 0 Å². The topological polar surface area (TPSA) is 30.2 Å². The fourth-order valence-corrected chi connectivity index (χ4v) is 2.63. The Balaban J connectivity index is 2.10. The van der Waals surface area contributed by atoms with Crippen LogP contribution in [0.1, 0.15) is 27.2 Å². The number of carbonyl (C=O) groups excluding carboxylic acids is 1. The van der Waals surface area contributed by atoms with Crippen LogP contribution in [0.15, 0.2) is 51.4 Å². The number of ketones is 1. The molecule has 0 spiro atoms. The SMILES string of the molecule is Cc1ccc2oc(C(=O)c3cccc(Br)c3C)cc2c1. The van der Waals surface area contributed by atoms with Crippen molar-refractivity contribution < 1.29 is 9.21 Å². The number of hydrogen-bond donors (Lipinski definition) is 0. The maximum absolute atomic E-state index is 12.6. The van der Waals surface area contributed by atoms with E-state index in [1.807, 2.05) is 56.3 Å². The average molecular weight is 329 g/mol. The minimum atomic E-state index is -0.0855. The summed E-state index contributed by atoms with van der Waals surface area (Å²) in [7, 11) is 0. The number of aryl methyl sites for hydroxylation is 1. The van der Waals surface area contributed by atoms with Gasteiger partial charge in [-0.2, -0.15) is 0 Å². The lowest BCUT2D eigenvalue weighted by molar-refractivity contribution is 0.101. The van der Waals surface area contributed by atoms with E-state index in [4.69, 9.17) is 4.42 Å². The molecule has 0 bridgehead atoms. The van der Waals surface area contributed by atoms with Gasteiger partial charge in [-0.3, -0.25) is 4.79 Å². The molecule has 2 aromatic carbocycles. The molecule has 0 atom stereocenters. The molecule has 3 rings (SSSR count). The monoisotopic (exact) mass is 328 g/mol. The zero-order valence-corrected chi connectivity index (χ0v) is 12.8. The summed E-state index contributed by atoms with van der Waals surface area (Å²) < 4.78 is 6.60. The first-order valence-electron chi connectivity index (χ1n) is 6.36. The second kappa shape index (κ2) is 4.91. The summed E-state index contributed by atoms with van der Waals surface area (Å²) in [5.74, 6) is 0.296. The van der Waals surface area contributed by atoms with Crippen LogP contribution in [0.2, 0.25) is 0 Å². The van der Waals surface area contributed by atoms with Gasteiger partial charge in [0.1, 0.15) is 5.58 Å². The Labute approximate surface area is 125 Å². The Kier molecular flexibility index (Phi) is 3.22. The van der Waals surface area contributed by atoms with Gasteiger partial charge in [-0.15, -0.1) is 0 Å². The summed E-state index contributed by atoms with van der Waals surface area (Å²) in [5.41, 5.74) is 3.48. The van der Waals surface area contributed by atoms with Crippen molar-refractivity contribution in [3.05, 3.63) is 69.4 Å². The lowest BCUT2D eigenvalue weighted by Gasteiger charge is -2.04. The molecule has 1 heterocycles. The maximum atomic E-state index is 12.6. The number of fused-ring (bicyclic) bond motifs is 1. The van der Waals surface area contributed by atoms with Gasteiger partial charge in [0.15, 0.2) is 5.76 Å². The van der Waals surface area contributed by atoms with Gasteiger partial charge in [-0.25, -0.2) is 0 Å². The molecule has 0 saturated carbocycles. The van der Waals surface area contributed by atoms with Gasteiger partial charge in [-0.05, 0) is 43.7 Å². The van der Waals surface area contributed by atoms with E-state index in [-0.39, 0.29) is 5.78 Å². The highest BCUT2D eigenvalue weighted by Gasteiger charge is 2.17. The molecule has 0 aliphatic heterocycles. The maximum Gasteiger partial charge on any atom is 0.228 e. The molecule has 0 N–H and O–H groups in total. The molecule has 0 aliphatic rings. The minimum Gasteiger partial charge on any atom is -0.453 e. The highest BCUT2D eigenvalue weighted by Crippen LogP contribution is 2.26. The van der Waals surface area contributed by atoms with Crippen molar-refractivity contribution in [2.45, 2.75) is 13.8 Å². The second-order valence-corrected chi connectivity index (χ2v) is 5.75. The highest BCUT2D eigenvalue weighted by molar-refractivity contribution is 9.10. The van der Waals surface area contributed by atoms with E-state index in [0.717, 1.165) is 26.6 Å². The summed E-state index contributed by atoms with van der Waals surface area (Å²) in [6.45, 7) is 3.94.